The first-order chi connectivity index (χ1) is 26.5. The lowest BCUT2D eigenvalue weighted by atomic mass is 10.00. The fourth-order valence-electron chi connectivity index (χ4n) is 6.67. The maximum atomic E-state index is 12.8. The van der Waals surface area contributed by atoms with Crippen molar-refractivity contribution in [2.75, 3.05) is 19.0 Å². The molecule has 13 heteroatoms. The molecule has 0 bridgehead atoms. The molecule has 1 fully saturated rings. The van der Waals surface area contributed by atoms with Gasteiger partial charge in [0.2, 0.25) is 0 Å². The van der Waals surface area contributed by atoms with Crippen LogP contribution in [-0.2, 0) is 38.7 Å². The lowest BCUT2D eigenvalue weighted by Gasteiger charge is -2.40. The molecule has 1 heterocycles. The number of allylic oxidation sites excluding steroid dienone is 2. The number of aliphatic hydroxyl groups excluding tert-OH is 3. The van der Waals surface area contributed by atoms with Gasteiger partial charge in [-0.05, 0) is 38.5 Å². The Bertz CT molecular complexity index is 1080. The van der Waals surface area contributed by atoms with Gasteiger partial charge >= 0.3 is 11.9 Å². The highest BCUT2D eigenvalue weighted by Crippen LogP contribution is 2.24. The molecule has 4 N–H and O–H groups in total. The maximum absolute atomic E-state index is 12.8. The first-order valence-electron chi connectivity index (χ1n) is 21.7. The molecule has 1 aliphatic rings. The average molecular weight is 807 g/mol. The van der Waals surface area contributed by atoms with Crippen LogP contribution in [-0.4, -0.2) is 96.0 Å². The molecule has 324 valence electrons. The SMILES string of the molecule is CCCCCC/C=C\CCCCCCCC(=O)OC(COC(=O)CCCCCCCCCCCCCCCC)COC1OC(CS(=O)(=O)O)C(O)C(O)C1O. The summed E-state index contributed by atoms with van der Waals surface area (Å²) in [6, 6.07) is 0. The second kappa shape index (κ2) is 33.4. The Balaban J connectivity index is 2.47. The molecule has 0 amide bonds. The fourth-order valence-corrected chi connectivity index (χ4v) is 7.36. The number of hydrogen-bond donors (Lipinski definition) is 4. The molecule has 6 atom stereocenters. The first-order valence-corrected chi connectivity index (χ1v) is 23.4. The molecule has 1 saturated heterocycles. The Morgan fingerprint density at radius 1 is 0.600 bits per heavy atom. The largest absolute Gasteiger partial charge is 0.462 e. The van der Waals surface area contributed by atoms with Gasteiger partial charge in [-0.15, -0.1) is 0 Å². The van der Waals surface area contributed by atoms with Crippen LogP contribution in [0.5, 0.6) is 0 Å². The minimum atomic E-state index is -4.60. The van der Waals surface area contributed by atoms with Gasteiger partial charge in [0, 0.05) is 12.8 Å². The third kappa shape index (κ3) is 28.4. The minimum Gasteiger partial charge on any atom is -0.462 e. The van der Waals surface area contributed by atoms with Crippen molar-refractivity contribution in [1.29, 1.82) is 0 Å². The number of ether oxygens (including phenoxy) is 4. The Kier molecular flexibility index (Phi) is 31.2. The van der Waals surface area contributed by atoms with Crippen molar-refractivity contribution in [3.63, 3.8) is 0 Å². The van der Waals surface area contributed by atoms with Crippen molar-refractivity contribution in [3.8, 4) is 0 Å². The first kappa shape index (κ1) is 51.4. The van der Waals surface area contributed by atoms with Crippen LogP contribution >= 0.6 is 0 Å². The van der Waals surface area contributed by atoms with Crippen LogP contribution in [0.3, 0.4) is 0 Å². The van der Waals surface area contributed by atoms with Gasteiger partial charge in [0.25, 0.3) is 10.1 Å². The van der Waals surface area contributed by atoms with Gasteiger partial charge in [0.05, 0.1) is 6.61 Å². The van der Waals surface area contributed by atoms with Crippen LogP contribution < -0.4 is 0 Å². The molecular formula is C42H78O12S. The fraction of sp³-hybridized carbons (Fsp3) is 0.905. The van der Waals surface area contributed by atoms with E-state index in [1.54, 1.807) is 0 Å². The molecule has 12 nitrogen and oxygen atoms in total. The topological polar surface area (TPSA) is 186 Å². The van der Waals surface area contributed by atoms with Gasteiger partial charge in [-0.25, -0.2) is 0 Å². The molecule has 1 aliphatic heterocycles. The molecule has 0 radical (unpaired) electrons. The third-order valence-electron chi connectivity index (χ3n) is 10.1. The van der Waals surface area contributed by atoms with Gasteiger partial charge in [-0.1, -0.05) is 148 Å². The van der Waals surface area contributed by atoms with Crippen molar-refractivity contribution >= 4 is 22.1 Å². The summed E-state index contributed by atoms with van der Waals surface area (Å²) in [7, 11) is -4.60. The van der Waals surface area contributed by atoms with Gasteiger partial charge in [0.1, 0.15) is 36.8 Å². The molecule has 1 rings (SSSR count). The molecule has 0 spiro atoms. The normalized spacial score (nSPS) is 20.9. The molecule has 0 aromatic heterocycles. The number of aliphatic hydroxyl groups is 3. The van der Waals surface area contributed by atoms with E-state index in [9.17, 15) is 37.9 Å². The van der Waals surface area contributed by atoms with Crippen molar-refractivity contribution < 1.29 is 56.8 Å². The predicted molar refractivity (Wildman–Crippen MR) is 215 cm³/mol. The zero-order chi connectivity index (χ0) is 40.6. The Hall–Kier alpha value is -1.61. The van der Waals surface area contributed by atoms with Crippen LogP contribution in [0.25, 0.3) is 0 Å². The average Bonchev–Trinajstić information content (AvgIpc) is 3.14. The number of carbonyl (C=O) groups is 2. The lowest BCUT2D eigenvalue weighted by molar-refractivity contribution is -0.297. The molecule has 0 aromatic rings. The molecule has 0 saturated carbocycles. The minimum absolute atomic E-state index is 0.158. The summed E-state index contributed by atoms with van der Waals surface area (Å²) in [4.78, 5) is 25.3. The van der Waals surface area contributed by atoms with E-state index >= 15 is 0 Å². The van der Waals surface area contributed by atoms with Crippen molar-refractivity contribution in [2.24, 2.45) is 0 Å². The monoisotopic (exact) mass is 807 g/mol. The van der Waals surface area contributed by atoms with Crippen LogP contribution in [0.2, 0.25) is 0 Å². The van der Waals surface area contributed by atoms with Gasteiger partial charge in [-0.2, -0.15) is 8.42 Å². The van der Waals surface area contributed by atoms with Crippen LogP contribution in [0, 0.1) is 0 Å². The summed E-state index contributed by atoms with van der Waals surface area (Å²) < 4.78 is 53.9. The van der Waals surface area contributed by atoms with E-state index in [1.807, 2.05) is 0 Å². The van der Waals surface area contributed by atoms with Crippen molar-refractivity contribution in [3.05, 3.63) is 12.2 Å². The van der Waals surface area contributed by atoms with Crippen LogP contribution in [0.15, 0.2) is 12.2 Å². The van der Waals surface area contributed by atoms with E-state index in [1.165, 1.54) is 89.9 Å². The quantitative estimate of drug-likeness (QED) is 0.0206. The third-order valence-corrected chi connectivity index (χ3v) is 10.8. The highest BCUT2D eigenvalue weighted by atomic mass is 32.2. The summed E-state index contributed by atoms with van der Waals surface area (Å²) in [5.41, 5.74) is 0. The Morgan fingerprint density at radius 3 is 1.53 bits per heavy atom. The van der Waals surface area contributed by atoms with E-state index in [0.29, 0.717) is 12.8 Å². The molecule has 0 aliphatic carbocycles. The van der Waals surface area contributed by atoms with Gasteiger partial charge in [0.15, 0.2) is 12.4 Å². The Labute approximate surface area is 333 Å². The summed E-state index contributed by atoms with van der Waals surface area (Å²) >= 11 is 0. The van der Waals surface area contributed by atoms with E-state index in [0.717, 1.165) is 57.8 Å². The standard InChI is InChI=1S/C42H78O12S/c1-3-5-7-9-11-13-15-17-19-20-22-24-26-28-30-37(43)51-32-35(33-52-42-41(47)40(46)39(45)36(54-42)34-55(48,49)50)53-38(44)31-29-27-25-23-21-18-16-14-12-10-8-6-4-2/h14,16,35-36,39-42,45-47H,3-13,15,17-34H2,1-2H3,(H,48,49,50)/b16-14-. The van der Waals surface area contributed by atoms with Crippen molar-refractivity contribution in [1.82, 2.24) is 0 Å². The van der Waals surface area contributed by atoms with Gasteiger partial charge in [-0.3, -0.25) is 14.1 Å². The second-order valence-corrected chi connectivity index (χ2v) is 16.9. The summed E-state index contributed by atoms with van der Waals surface area (Å²) in [6.45, 7) is 3.73. The van der Waals surface area contributed by atoms with E-state index in [4.69, 9.17) is 18.9 Å². The summed E-state index contributed by atoms with van der Waals surface area (Å²) in [5.74, 6) is -1.98. The number of unbranched alkanes of at least 4 members (excludes halogenated alkanes) is 22. The molecule has 55 heavy (non-hydrogen) atoms. The molecular weight excluding hydrogens is 729 g/mol. The van der Waals surface area contributed by atoms with Crippen LogP contribution in [0.1, 0.15) is 187 Å². The summed E-state index contributed by atoms with van der Waals surface area (Å²) in [5, 5.41) is 30.8. The number of esters is 2. The highest BCUT2D eigenvalue weighted by molar-refractivity contribution is 7.85. The highest BCUT2D eigenvalue weighted by Gasteiger charge is 2.46. The summed E-state index contributed by atoms with van der Waals surface area (Å²) in [6.07, 6.45) is 24.0. The van der Waals surface area contributed by atoms with Gasteiger partial charge < -0.3 is 34.3 Å². The number of rotatable bonds is 36. The van der Waals surface area contributed by atoms with Crippen molar-refractivity contribution in [2.45, 2.75) is 224 Å². The Morgan fingerprint density at radius 2 is 1.04 bits per heavy atom. The smallest absolute Gasteiger partial charge is 0.306 e. The molecule has 0 aromatic carbocycles. The zero-order valence-electron chi connectivity index (χ0n) is 34.3. The number of hydrogen-bond acceptors (Lipinski definition) is 11. The lowest BCUT2D eigenvalue weighted by Crippen LogP contribution is -2.60. The predicted octanol–water partition coefficient (Wildman–Crippen LogP) is 8.28. The van der Waals surface area contributed by atoms with E-state index in [-0.39, 0.29) is 19.4 Å². The number of carbonyl (C=O) groups excluding carboxylic acids is 2. The maximum Gasteiger partial charge on any atom is 0.306 e. The van der Waals surface area contributed by atoms with Crippen LogP contribution in [0.4, 0.5) is 0 Å². The van der Waals surface area contributed by atoms with E-state index in [2.05, 4.69) is 26.0 Å². The second-order valence-electron chi connectivity index (χ2n) is 15.4. The zero-order valence-corrected chi connectivity index (χ0v) is 35.1. The van der Waals surface area contributed by atoms with E-state index < -0.39 is 71.2 Å². The molecule has 6 unspecified atom stereocenters.